The second-order valence-electron chi connectivity index (χ2n) is 6.01. The first-order valence-corrected chi connectivity index (χ1v) is 8.62. The fourth-order valence-corrected chi connectivity index (χ4v) is 3.38. The number of carbonyl (C=O) groups is 1. The minimum Gasteiger partial charge on any atom is -0.360 e. The highest BCUT2D eigenvalue weighted by molar-refractivity contribution is 6.31. The summed E-state index contributed by atoms with van der Waals surface area (Å²) in [6.45, 7) is 0.931. The Morgan fingerprint density at radius 1 is 1.20 bits per heavy atom. The van der Waals surface area contributed by atoms with Gasteiger partial charge in [0.1, 0.15) is 12.1 Å². The first-order chi connectivity index (χ1) is 12.2. The summed E-state index contributed by atoms with van der Waals surface area (Å²) in [5.74, 6) is 0.674. The summed E-state index contributed by atoms with van der Waals surface area (Å²) in [6, 6.07) is 13.5. The highest BCUT2D eigenvalue weighted by atomic mass is 35.5. The summed E-state index contributed by atoms with van der Waals surface area (Å²) < 4.78 is 0. The van der Waals surface area contributed by atoms with E-state index in [1.807, 2.05) is 29.2 Å². The number of aryl methyl sites for hydroxylation is 1. The first kappa shape index (κ1) is 15.8. The number of aromatic nitrogens is 2. The molecular formula is C19H17ClN4O. The number of hydrogen-bond acceptors (Lipinski definition) is 4. The second-order valence-corrected chi connectivity index (χ2v) is 6.45. The summed E-state index contributed by atoms with van der Waals surface area (Å²) in [5.41, 5.74) is 2.99. The van der Waals surface area contributed by atoms with E-state index in [4.69, 9.17) is 11.6 Å². The molecule has 2 heterocycles. The van der Waals surface area contributed by atoms with Gasteiger partial charge < -0.3 is 10.2 Å². The first-order valence-electron chi connectivity index (χ1n) is 8.25. The van der Waals surface area contributed by atoms with Gasteiger partial charge >= 0.3 is 0 Å². The quantitative estimate of drug-likeness (QED) is 0.781. The van der Waals surface area contributed by atoms with E-state index in [0.29, 0.717) is 10.8 Å². The minimum absolute atomic E-state index is 0.0351. The van der Waals surface area contributed by atoms with Crippen LogP contribution in [-0.2, 0) is 11.2 Å². The molecule has 1 aliphatic rings. The standard InChI is InChI=1S/C19H17ClN4O/c20-14-7-8-15-16(10-14)22-12-23-19(15)21-11-18(25)24-9-3-5-13-4-1-2-6-17(13)24/h1-2,4,6-8,10,12H,3,5,9,11H2,(H,21,22,23). The van der Waals surface area contributed by atoms with Gasteiger partial charge in [-0.2, -0.15) is 0 Å². The van der Waals surface area contributed by atoms with E-state index in [2.05, 4.69) is 21.4 Å². The van der Waals surface area contributed by atoms with Gasteiger partial charge in [-0.3, -0.25) is 4.79 Å². The Labute approximate surface area is 150 Å². The lowest BCUT2D eigenvalue weighted by molar-refractivity contribution is -0.117. The number of fused-ring (bicyclic) bond motifs is 2. The molecule has 0 bridgehead atoms. The van der Waals surface area contributed by atoms with E-state index < -0.39 is 0 Å². The van der Waals surface area contributed by atoms with E-state index in [1.54, 1.807) is 12.1 Å². The predicted molar refractivity (Wildman–Crippen MR) is 100 cm³/mol. The van der Waals surface area contributed by atoms with Crippen LogP contribution in [0.2, 0.25) is 5.02 Å². The Morgan fingerprint density at radius 3 is 3.00 bits per heavy atom. The molecule has 1 aliphatic heterocycles. The summed E-state index contributed by atoms with van der Waals surface area (Å²) in [6.07, 6.45) is 3.48. The zero-order valence-electron chi connectivity index (χ0n) is 13.6. The van der Waals surface area contributed by atoms with Crippen LogP contribution >= 0.6 is 11.6 Å². The Balaban J connectivity index is 1.54. The van der Waals surface area contributed by atoms with Gasteiger partial charge in [-0.25, -0.2) is 9.97 Å². The van der Waals surface area contributed by atoms with Crippen LogP contribution in [0.3, 0.4) is 0 Å². The molecule has 0 saturated carbocycles. The maximum absolute atomic E-state index is 12.7. The molecule has 4 rings (SSSR count). The number of benzene rings is 2. The largest absolute Gasteiger partial charge is 0.360 e. The number of para-hydroxylation sites is 1. The molecule has 126 valence electrons. The van der Waals surface area contributed by atoms with Crippen molar-refractivity contribution in [1.29, 1.82) is 0 Å². The fourth-order valence-electron chi connectivity index (χ4n) is 3.22. The number of nitrogens with one attached hydrogen (secondary N) is 1. The van der Waals surface area contributed by atoms with Gasteiger partial charge in [0.2, 0.25) is 5.91 Å². The summed E-state index contributed by atoms with van der Waals surface area (Å²) in [7, 11) is 0. The molecule has 3 aromatic rings. The molecule has 0 fully saturated rings. The van der Waals surface area contributed by atoms with E-state index in [1.165, 1.54) is 11.9 Å². The molecule has 0 radical (unpaired) electrons. The zero-order chi connectivity index (χ0) is 17.2. The van der Waals surface area contributed by atoms with Crippen LogP contribution in [0.4, 0.5) is 11.5 Å². The lowest BCUT2D eigenvalue weighted by atomic mass is 10.0. The SMILES string of the molecule is O=C(CNc1ncnc2cc(Cl)ccc12)N1CCCc2ccccc21. The normalized spacial score (nSPS) is 13.6. The number of carbonyl (C=O) groups excluding carboxylic acids is 1. The fraction of sp³-hybridized carbons (Fsp3) is 0.211. The maximum atomic E-state index is 12.7. The Hall–Kier alpha value is -2.66. The molecule has 25 heavy (non-hydrogen) atoms. The molecule has 0 spiro atoms. The Kier molecular flexibility index (Phi) is 4.24. The summed E-state index contributed by atoms with van der Waals surface area (Å²) in [5, 5.41) is 4.62. The van der Waals surface area contributed by atoms with Crippen molar-refractivity contribution in [2.45, 2.75) is 12.8 Å². The third-order valence-corrected chi connectivity index (χ3v) is 4.65. The van der Waals surface area contributed by atoms with Crippen LogP contribution in [0.5, 0.6) is 0 Å². The van der Waals surface area contributed by atoms with Gasteiger partial charge in [0.05, 0.1) is 12.1 Å². The van der Waals surface area contributed by atoms with Gasteiger partial charge in [0.15, 0.2) is 0 Å². The van der Waals surface area contributed by atoms with Crippen molar-refractivity contribution in [2.24, 2.45) is 0 Å². The van der Waals surface area contributed by atoms with Gasteiger partial charge in [-0.15, -0.1) is 0 Å². The average molecular weight is 353 g/mol. The van der Waals surface area contributed by atoms with Crippen LogP contribution in [0.25, 0.3) is 10.9 Å². The third-order valence-electron chi connectivity index (χ3n) is 4.42. The second kappa shape index (κ2) is 6.69. The van der Waals surface area contributed by atoms with Crippen molar-refractivity contribution in [3.63, 3.8) is 0 Å². The highest BCUT2D eigenvalue weighted by Gasteiger charge is 2.22. The molecule has 0 aliphatic carbocycles. The summed E-state index contributed by atoms with van der Waals surface area (Å²) in [4.78, 5) is 23.1. The number of halogens is 1. The van der Waals surface area contributed by atoms with Crippen molar-refractivity contribution in [3.05, 3.63) is 59.4 Å². The third kappa shape index (κ3) is 3.15. The van der Waals surface area contributed by atoms with Crippen molar-refractivity contribution >= 4 is 39.9 Å². The van der Waals surface area contributed by atoms with E-state index in [9.17, 15) is 4.79 Å². The van der Waals surface area contributed by atoms with Gasteiger partial charge in [-0.1, -0.05) is 29.8 Å². The molecular weight excluding hydrogens is 336 g/mol. The minimum atomic E-state index is 0.0351. The van der Waals surface area contributed by atoms with Gasteiger partial charge in [-0.05, 0) is 42.7 Å². The van der Waals surface area contributed by atoms with Crippen molar-refractivity contribution in [2.75, 3.05) is 23.3 Å². The lowest BCUT2D eigenvalue weighted by Crippen LogP contribution is -2.39. The summed E-state index contributed by atoms with van der Waals surface area (Å²) >= 11 is 6.01. The van der Waals surface area contributed by atoms with E-state index in [0.717, 1.165) is 36.0 Å². The smallest absolute Gasteiger partial charge is 0.246 e. The van der Waals surface area contributed by atoms with E-state index in [-0.39, 0.29) is 12.5 Å². The van der Waals surface area contributed by atoms with E-state index >= 15 is 0 Å². The average Bonchev–Trinajstić information content (AvgIpc) is 2.65. The molecule has 0 saturated heterocycles. The number of amides is 1. The number of hydrogen-bond donors (Lipinski definition) is 1. The van der Waals surface area contributed by atoms with Crippen molar-refractivity contribution < 1.29 is 4.79 Å². The number of anilines is 2. The number of nitrogens with zero attached hydrogens (tertiary/aromatic N) is 3. The van der Waals surface area contributed by atoms with Crippen LogP contribution in [0, 0.1) is 0 Å². The Morgan fingerprint density at radius 2 is 2.08 bits per heavy atom. The molecule has 0 unspecified atom stereocenters. The van der Waals surface area contributed by atoms with Crippen LogP contribution in [-0.4, -0.2) is 29.0 Å². The van der Waals surface area contributed by atoms with Crippen molar-refractivity contribution in [1.82, 2.24) is 9.97 Å². The Bertz CT molecular complexity index is 944. The van der Waals surface area contributed by atoms with Crippen LogP contribution < -0.4 is 10.2 Å². The lowest BCUT2D eigenvalue weighted by Gasteiger charge is -2.29. The van der Waals surface area contributed by atoms with Crippen LogP contribution in [0.15, 0.2) is 48.8 Å². The molecule has 2 aromatic carbocycles. The van der Waals surface area contributed by atoms with Crippen molar-refractivity contribution in [3.8, 4) is 0 Å². The topological polar surface area (TPSA) is 58.1 Å². The molecule has 1 N–H and O–H groups in total. The highest BCUT2D eigenvalue weighted by Crippen LogP contribution is 2.27. The van der Waals surface area contributed by atoms with Gasteiger partial charge in [0.25, 0.3) is 0 Å². The molecule has 1 aromatic heterocycles. The monoisotopic (exact) mass is 352 g/mol. The predicted octanol–water partition coefficient (Wildman–Crippen LogP) is 3.67. The maximum Gasteiger partial charge on any atom is 0.246 e. The number of rotatable bonds is 3. The van der Waals surface area contributed by atoms with Crippen LogP contribution in [0.1, 0.15) is 12.0 Å². The zero-order valence-corrected chi connectivity index (χ0v) is 14.3. The molecule has 1 amide bonds. The molecule has 0 atom stereocenters. The molecule has 5 nitrogen and oxygen atoms in total. The molecule has 6 heteroatoms. The van der Waals surface area contributed by atoms with Gasteiger partial charge in [0, 0.05) is 22.6 Å².